The summed E-state index contributed by atoms with van der Waals surface area (Å²) in [7, 11) is 0. The third kappa shape index (κ3) is 2.23. The van der Waals surface area contributed by atoms with Crippen LogP contribution < -0.4 is 20.9 Å². The van der Waals surface area contributed by atoms with E-state index in [0.29, 0.717) is 13.2 Å². The van der Waals surface area contributed by atoms with Gasteiger partial charge in [-0.3, -0.25) is 0 Å². The molecular formula is C10H15FN2O2. The van der Waals surface area contributed by atoms with E-state index in [1.54, 1.807) is 13.8 Å². The Labute approximate surface area is 88.0 Å². The van der Waals surface area contributed by atoms with Gasteiger partial charge in [-0.15, -0.1) is 0 Å². The van der Waals surface area contributed by atoms with Crippen molar-refractivity contribution in [2.75, 3.05) is 24.7 Å². The lowest BCUT2D eigenvalue weighted by Gasteiger charge is -2.14. The molecule has 0 aliphatic carbocycles. The summed E-state index contributed by atoms with van der Waals surface area (Å²) in [4.78, 5) is 0. The molecule has 0 aliphatic heterocycles. The van der Waals surface area contributed by atoms with E-state index in [4.69, 9.17) is 20.9 Å². The van der Waals surface area contributed by atoms with Gasteiger partial charge in [0.15, 0.2) is 17.3 Å². The molecule has 0 aliphatic rings. The van der Waals surface area contributed by atoms with Gasteiger partial charge in [0.1, 0.15) is 0 Å². The van der Waals surface area contributed by atoms with Gasteiger partial charge in [0.05, 0.1) is 24.6 Å². The lowest BCUT2D eigenvalue weighted by molar-refractivity contribution is 0.276. The standard InChI is InChI=1S/C10H15FN2O2/c1-3-14-7-5-6(12)9(13)8(11)10(7)15-4-2/h5H,3-4,12-13H2,1-2H3. The summed E-state index contributed by atoms with van der Waals surface area (Å²) in [6, 6.07) is 1.47. The third-order valence-corrected chi connectivity index (χ3v) is 1.85. The Bertz CT molecular complexity index is 356. The Morgan fingerprint density at radius 2 is 1.80 bits per heavy atom. The lowest BCUT2D eigenvalue weighted by atomic mass is 10.2. The Kier molecular flexibility index (Phi) is 3.60. The highest BCUT2D eigenvalue weighted by atomic mass is 19.1. The van der Waals surface area contributed by atoms with Crippen molar-refractivity contribution in [3.63, 3.8) is 0 Å². The van der Waals surface area contributed by atoms with Crippen LogP contribution >= 0.6 is 0 Å². The zero-order valence-electron chi connectivity index (χ0n) is 8.84. The van der Waals surface area contributed by atoms with Gasteiger partial charge in [0, 0.05) is 6.07 Å². The lowest BCUT2D eigenvalue weighted by Crippen LogP contribution is -2.05. The molecule has 1 rings (SSSR count). The molecule has 0 fully saturated rings. The summed E-state index contributed by atoms with van der Waals surface area (Å²) in [5, 5.41) is 0. The molecule has 15 heavy (non-hydrogen) atoms. The number of benzene rings is 1. The Morgan fingerprint density at radius 1 is 1.20 bits per heavy atom. The van der Waals surface area contributed by atoms with Gasteiger partial charge in [-0.2, -0.15) is 0 Å². The van der Waals surface area contributed by atoms with E-state index in [0.717, 1.165) is 0 Å². The van der Waals surface area contributed by atoms with E-state index >= 15 is 0 Å². The molecule has 0 atom stereocenters. The molecule has 0 amide bonds. The SMILES string of the molecule is CCOc1cc(N)c(N)c(F)c1OCC. The molecule has 0 heterocycles. The first-order valence-corrected chi connectivity index (χ1v) is 4.74. The van der Waals surface area contributed by atoms with Crippen molar-refractivity contribution in [1.29, 1.82) is 0 Å². The summed E-state index contributed by atoms with van der Waals surface area (Å²) < 4.78 is 23.9. The summed E-state index contributed by atoms with van der Waals surface area (Å²) >= 11 is 0. The highest BCUT2D eigenvalue weighted by molar-refractivity contribution is 5.70. The predicted octanol–water partition coefficient (Wildman–Crippen LogP) is 1.79. The second-order valence-corrected chi connectivity index (χ2v) is 2.89. The van der Waals surface area contributed by atoms with E-state index < -0.39 is 5.82 Å². The Balaban J connectivity index is 3.23. The number of ether oxygens (including phenoxy) is 2. The third-order valence-electron chi connectivity index (χ3n) is 1.85. The van der Waals surface area contributed by atoms with Gasteiger partial charge in [-0.25, -0.2) is 4.39 Å². The van der Waals surface area contributed by atoms with E-state index in [1.165, 1.54) is 6.07 Å². The first-order chi connectivity index (χ1) is 7.11. The van der Waals surface area contributed by atoms with Gasteiger partial charge in [-0.05, 0) is 13.8 Å². The number of rotatable bonds is 4. The smallest absolute Gasteiger partial charge is 0.199 e. The van der Waals surface area contributed by atoms with Gasteiger partial charge in [0.2, 0.25) is 0 Å². The second-order valence-electron chi connectivity index (χ2n) is 2.89. The molecule has 84 valence electrons. The largest absolute Gasteiger partial charge is 0.490 e. The highest BCUT2D eigenvalue weighted by Crippen LogP contribution is 2.37. The number of nitrogen functional groups attached to an aromatic ring is 2. The second kappa shape index (κ2) is 4.72. The van der Waals surface area contributed by atoms with Gasteiger partial charge < -0.3 is 20.9 Å². The minimum Gasteiger partial charge on any atom is -0.490 e. The predicted molar refractivity (Wildman–Crippen MR) is 57.6 cm³/mol. The first-order valence-electron chi connectivity index (χ1n) is 4.74. The van der Waals surface area contributed by atoms with E-state index in [9.17, 15) is 4.39 Å². The van der Waals surface area contributed by atoms with Gasteiger partial charge in [0.25, 0.3) is 0 Å². The van der Waals surface area contributed by atoms with E-state index in [1.807, 2.05) is 0 Å². The van der Waals surface area contributed by atoms with Crippen molar-refractivity contribution in [3.8, 4) is 11.5 Å². The summed E-state index contributed by atoms with van der Waals surface area (Å²) in [6.07, 6.45) is 0. The molecule has 0 spiro atoms. The molecule has 0 radical (unpaired) electrons. The molecule has 0 bridgehead atoms. The van der Waals surface area contributed by atoms with Crippen molar-refractivity contribution in [3.05, 3.63) is 11.9 Å². The van der Waals surface area contributed by atoms with E-state index in [2.05, 4.69) is 0 Å². The average Bonchev–Trinajstić information content (AvgIpc) is 2.21. The zero-order valence-corrected chi connectivity index (χ0v) is 8.84. The topological polar surface area (TPSA) is 70.5 Å². The molecule has 0 saturated heterocycles. The van der Waals surface area contributed by atoms with Crippen molar-refractivity contribution >= 4 is 11.4 Å². The fraction of sp³-hybridized carbons (Fsp3) is 0.400. The van der Waals surface area contributed by atoms with Crippen LogP contribution in [0.15, 0.2) is 6.07 Å². The molecule has 4 nitrogen and oxygen atoms in total. The van der Waals surface area contributed by atoms with Crippen LogP contribution in [0, 0.1) is 5.82 Å². The molecule has 4 N–H and O–H groups in total. The number of anilines is 2. The Morgan fingerprint density at radius 3 is 2.33 bits per heavy atom. The maximum atomic E-state index is 13.6. The molecule has 0 saturated carbocycles. The minimum atomic E-state index is -0.666. The monoisotopic (exact) mass is 214 g/mol. The summed E-state index contributed by atoms with van der Waals surface area (Å²) in [5.74, 6) is -0.366. The van der Waals surface area contributed by atoms with Crippen LogP contribution in [-0.4, -0.2) is 13.2 Å². The maximum Gasteiger partial charge on any atom is 0.199 e. The first kappa shape index (κ1) is 11.4. The molecule has 1 aromatic carbocycles. The maximum absolute atomic E-state index is 13.6. The Hall–Kier alpha value is -1.65. The fourth-order valence-electron chi connectivity index (χ4n) is 1.18. The normalized spacial score (nSPS) is 10.1. The molecule has 5 heteroatoms. The number of hydrogen-bond donors (Lipinski definition) is 2. The van der Waals surface area contributed by atoms with Crippen LogP contribution in [0.4, 0.5) is 15.8 Å². The van der Waals surface area contributed by atoms with Crippen LogP contribution in [0.5, 0.6) is 11.5 Å². The average molecular weight is 214 g/mol. The number of halogens is 1. The van der Waals surface area contributed by atoms with Crippen molar-refractivity contribution in [2.45, 2.75) is 13.8 Å². The fourth-order valence-corrected chi connectivity index (χ4v) is 1.18. The van der Waals surface area contributed by atoms with Crippen molar-refractivity contribution < 1.29 is 13.9 Å². The molecule has 0 unspecified atom stereocenters. The summed E-state index contributed by atoms with van der Waals surface area (Å²) in [5.41, 5.74) is 11.0. The molecule has 1 aromatic rings. The van der Waals surface area contributed by atoms with Gasteiger partial charge in [-0.1, -0.05) is 0 Å². The highest BCUT2D eigenvalue weighted by Gasteiger charge is 2.17. The zero-order chi connectivity index (χ0) is 11.4. The van der Waals surface area contributed by atoms with Crippen LogP contribution in [0.1, 0.15) is 13.8 Å². The van der Waals surface area contributed by atoms with Gasteiger partial charge >= 0.3 is 0 Å². The summed E-state index contributed by atoms with van der Waals surface area (Å²) in [6.45, 7) is 4.28. The molecule has 0 aromatic heterocycles. The quantitative estimate of drug-likeness (QED) is 0.749. The minimum absolute atomic E-state index is 0.0195. The molecular weight excluding hydrogens is 199 g/mol. The van der Waals surface area contributed by atoms with Crippen molar-refractivity contribution in [1.82, 2.24) is 0 Å². The van der Waals surface area contributed by atoms with Crippen LogP contribution in [0.25, 0.3) is 0 Å². The number of nitrogens with two attached hydrogens (primary N) is 2. The van der Waals surface area contributed by atoms with Crippen LogP contribution in [-0.2, 0) is 0 Å². The van der Waals surface area contributed by atoms with Crippen LogP contribution in [0.2, 0.25) is 0 Å². The van der Waals surface area contributed by atoms with Crippen molar-refractivity contribution in [2.24, 2.45) is 0 Å². The van der Waals surface area contributed by atoms with Crippen LogP contribution in [0.3, 0.4) is 0 Å². The number of hydrogen-bond acceptors (Lipinski definition) is 4. The van der Waals surface area contributed by atoms with E-state index in [-0.39, 0.29) is 22.9 Å².